The van der Waals surface area contributed by atoms with Crippen LogP contribution in [0.4, 0.5) is 0 Å². The van der Waals surface area contributed by atoms with E-state index in [2.05, 4.69) is 4.74 Å². The van der Waals surface area contributed by atoms with Crippen molar-refractivity contribution in [3.05, 3.63) is 47.2 Å². The molecule has 1 aromatic carbocycles. The number of ketones is 1. The topological polar surface area (TPSA) is 72.8 Å². The molecule has 1 aliphatic rings. The number of methoxy groups -OCH3 is 1. The van der Waals surface area contributed by atoms with E-state index in [1.807, 2.05) is 0 Å². The lowest BCUT2D eigenvalue weighted by Gasteiger charge is -1.99. The summed E-state index contributed by atoms with van der Waals surface area (Å²) in [6.07, 6.45) is 2.88. The molecule has 0 radical (unpaired) electrons. The van der Waals surface area contributed by atoms with E-state index in [0.717, 1.165) is 5.56 Å². The van der Waals surface area contributed by atoms with Crippen LogP contribution < -0.4 is 4.74 Å². The van der Waals surface area contributed by atoms with E-state index in [1.165, 1.54) is 6.08 Å². The molecule has 5 heteroatoms. The minimum absolute atomic E-state index is 0.301. The highest BCUT2D eigenvalue weighted by atomic mass is 16.5. The Morgan fingerprint density at radius 2 is 2.00 bits per heavy atom. The van der Waals surface area contributed by atoms with Gasteiger partial charge < -0.3 is 14.6 Å². The van der Waals surface area contributed by atoms with E-state index in [4.69, 9.17) is 4.74 Å². The van der Waals surface area contributed by atoms with Crippen molar-refractivity contribution in [3.8, 4) is 5.75 Å². The van der Waals surface area contributed by atoms with Gasteiger partial charge in [0, 0.05) is 0 Å². The first-order valence-corrected chi connectivity index (χ1v) is 5.57. The molecule has 0 unspecified atom stereocenters. The fraction of sp³-hybridized carbons (Fsp3) is 0.143. The first kappa shape index (κ1) is 12.9. The molecule has 98 valence electrons. The summed E-state index contributed by atoms with van der Waals surface area (Å²) in [6.45, 7) is -0.311. The second kappa shape index (κ2) is 5.39. The number of carbonyl (C=O) groups excluding carboxylic acids is 2. The zero-order chi connectivity index (χ0) is 13.8. The van der Waals surface area contributed by atoms with Crippen molar-refractivity contribution >= 4 is 17.8 Å². The maximum Gasteiger partial charge on any atom is 0.346 e. The Balaban J connectivity index is 2.19. The predicted octanol–water partition coefficient (Wildman–Crippen LogP) is 1.65. The molecule has 0 bridgehead atoms. The maximum atomic E-state index is 11.3. The van der Waals surface area contributed by atoms with E-state index in [1.54, 1.807) is 37.5 Å². The van der Waals surface area contributed by atoms with Crippen molar-refractivity contribution < 1.29 is 24.2 Å². The van der Waals surface area contributed by atoms with Crippen molar-refractivity contribution in [2.45, 2.75) is 0 Å². The Morgan fingerprint density at radius 3 is 2.53 bits per heavy atom. The average Bonchev–Trinajstić information content (AvgIpc) is 2.76. The predicted molar refractivity (Wildman–Crippen MR) is 67.6 cm³/mol. The second-order valence-electron chi connectivity index (χ2n) is 3.87. The van der Waals surface area contributed by atoms with Gasteiger partial charge in [0.05, 0.1) is 7.11 Å². The molecule has 1 aliphatic heterocycles. The molecule has 1 aromatic rings. The van der Waals surface area contributed by atoms with Gasteiger partial charge in [0.2, 0.25) is 5.78 Å². The standard InChI is InChI=1S/C14H12O5/c1-18-10-5-2-9(3-6-10)4-7-11(15)13-12(16)8-19-14(13)17/h2-7,15H,8H2,1H3/b7-4+,13-11?. The van der Waals surface area contributed by atoms with Crippen LogP contribution in [0.2, 0.25) is 0 Å². The highest BCUT2D eigenvalue weighted by Gasteiger charge is 2.31. The summed E-state index contributed by atoms with van der Waals surface area (Å²) < 4.78 is 9.54. The zero-order valence-electron chi connectivity index (χ0n) is 10.3. The van der Waals surface area contributed by atoms with Crippen molar-refractivity contribution in [2.24, 2.45) is 0 Å². The summed E-state index contributed by atoms with van der Waals surface area (Å²) >= 11 is 0. The highest BCUT2D eigenvalue weighted by molar-refractivity contribution is 6.22. The van der Waals surface area contributed by atoms with Crippen LogP contribution in [0, 0.1) is 0 Å². The van der Waals surface area contributed by atoms with Gasteiger partial charge in [0.15, 0.2) is 6.61 Å². The normalized spacial score (nSPS) is 17.7. The molecular formula is C14H12O5. The molecule has 5 nitrogen and oxygen atoms in total. The van der Waals surface area contributed by atoms with Crippen molar-refractivity contribution in [2.75, 3.05) is 13.7 Å². The average molecular weight is 260 g/mol. The van der Waals surface area contributed by atoms with Crippen LogP contribution in [0.25, 0.3) is 6.08 Å². The number of aliphatic hydroxyl groups is 1. The van der Waals surface area contributed by atoms with Gasteiger partial charge in [-0.3, -0.25) is 4.79 Å². The largest absolute Gasteiger partial charge is 0.507 e. The molecule has 1 fully saturated rings. The number of esters is 1. The van der Waals surface area contributed by atoms with Crippen molar-refractivity contribution in [3.63, 3.8) is 0 Å². The van der Waals surface area contributed by atoms with Gasteiger partial charge in [0.1, 0.15) is 17.1 Å². The Bertz CT molecular complexity index is 548. The Hall–Kier alpha value is -2.56. The van der Waals surface area contributed by atoms with Crippen LogP contribution in [0.15, 0.2) is 41.7 Å². The van der Waals surface area contributed by atoms with E-state index >= 15 is 0 Å². The number of allylic oxidation sites excluding steroid dienone is 1. The highest BCUT2D eigenvalue weighted by Crippen LogP contribution is 2.16. The molecular weight excluding hydrogens is 248 g/mol. The van der Waals surface area contributed by atoms with Crippen LogP contribution in [-0.4, -0.2) is 30.6 Å². The summed E-state index contributed by atoms with van der Waals surface area (Å²) in [5.41, 5.74) is 0.497. The minimum Gasteiger partial charge on any atom is -0.507 e. The van der Waals surface area contributed by atoms with Gasteiger partial charge >= 0.3 is 5.97 Å². The first-order valence-electron chi connectivity index (χ1n) is 5.57. The second-order valence-corrected chi connectivity index (χ2v) is 3.87. The zero-order valence-corrected chi connectivity index (χ0v) is 10.3. The third-order valence-corrected chi connectivity index (χ3v) is 2.62. The molecule has 0 aromatic heterocycles. The minimum atomic E-state index is -0.790. The van der Waals surface area contributed by atoms with Gasteiger partial charge in [0.25, 0.3) is 0 Å². The van der Waals surface area contributed by atoms with E-state index < -0.39 is 11.8 Å². The number of benzene rings is 1. The molecule has 0 amide bonds. The quantitative estimate of drug-likeness (QED) is 0.387. The summed E-state index contributed by atoms with van der Waals surface area (Å²) in [5, 5.41) is 9.70. The van der Waals surface area contributed by atoms with Crippen LogP contribution in [0.5, 0.6) is 5.75 Å². The number of Topliss-reactive ketones (excluding diaryl/α,β-unsaturated/α-hetero) is 1. The van der Waals surface area contributed by atoms with Gasteiger partial charge in [-0.05, 0) is 23.8 Å². The number of cyclic esters (lactones) is 1. The number of hydrogen-bond acceptors (Lipinski definition) is 5. The number of rotatable bonds is 3. The molecule has 0 aliphatic carbocycles. The fourth-order valence-corrected chi connectivity index (χ4v) is 1.61. The number of hydrogen-bond donors (Lipinski definition) is 1. The molecule has 19 heavy (non-hydrogen) atoms. The lowest BCUT2D eigenvalue weighted by molar-refractivity contribution is -0.135. The Labute approximate surface area is 109 Å². The van der Waals surface area contributed by atoms with Crippen LogP contribution in [-0.2, 0) is 14.3 Å². The van der Waals surface area contributed by atoms with Gasteiger partial charge in [-0.25, -0.2) is 4.79 Å². The van der Waals surface area contributed by atoms with Gasteiger partial charge in [-0.1, -0.05) is 18.2 Å². The van der Waals surface area contributed by atoms with Crippen molar-refractivity contribution in [1.29, 1.82) is 0 Å². The smallest absolute Gasteiger partial charge is 0.346 e. The lowest BCUT2D eigenvalue weighted by atomic mass is 10.1. The van der Waals surface area contributed by atoms with Crippen LogP contribution in [0.3, 0.4) is 0 Å². The molecule has 1 N–H and O–H groups in total. The number of carbonyl (C=O) groups is 2. The SMILES string of the molecule is COc1ccc(/C=C/C(O)=C2C(=O)COC2=O)cc1. The van der Waals surface area contributed by atoms with E-state index in [-0.39, 0.29) is 17.9 Å². The molecule has 2 rings (SSSR count). The molecule has 0 saturated carbocycles. The van der Waals surface area contributed by atoms with Crippen LogP contribution in [0.1, 0.15) is 5.56 Å². The summed E-state index contributed by atoms with van der Waals surface area (Å²) in [4.78, 5) is 22.5. The fourth-order valence-electron chi connectivity index (χ4n) is 1.61. The van der Waals surface area contributed by atoms with Gasteiger partial charge in [-0.15, -0.1) is 0 Å². The lowest BCUT2D eigenvalue weighted by Crippen LogP contribution is -2.04. The maximum absolute atomic E-state index is 11.3. The number of aliphatic hydroxyl groups excluding tert-OH is 1. The monoisotopic (exact) mass is 260 g/mol. The summed E-state index contributed by atoms with van der Waals surface area (Å²) in [6, 6.07) is 7.09. The molecule has 0 spiro atoms. The van der Waals surface area contributed by atoms with Crippen LogP contribution >= 0.6 is 0 Å². The third kappa shape index (κ3) is 2.82. The third-order valence-electron chi connectivity index (χ3n) is 2.62. The van der Waals surface area contributed by atoms with Crippen molar-refractivity contribution in [1.82, 2.24) is 0 Å². The molecule has 1 heterocycles. The van der Waals surface area contributed by atoms with E-state index in [0.29, 0.717) is 5.75 Å². The molecule has 0 atom stereocenters. The molecule has 1 saturated heterocycles. The number of ether oxygens (including phenoxy) is 2. The van der Waals surface area contributed by atoms with Gasteiger partial charge in [-0.2, -0.15) is 0 Å². The summed E-state index contributed by atoms with van der Waals surface area (Å²) in [7, 11) is 1.57. The first-order chi connectivity index (χ1) is 9.11. The Morgan fingerprint density at radius 1 is 1.32 bits per heavy atom. The summed E-state index contributed by atoms with van der Waals surface area (Å²) in [5.74, 6) is -0.971. The van der Waals surface area contributed by atoms with E-state index in [9.17, 15) is 14.7 Å². The Kier molecular flexibility index (Phi) is 3.66.